The molecule has 0 unspecified atom stereocenters. The smallest absolute Gasteiger partial charge is 0.0966 e. The van der Waals surface area contributed by atoms with E-state index >= 15 is 0 Å². The van der Waals surface area contributed by atoms with Crippen LogP contribution in [0.4, 0.5) is 0 Å². The SMILES string of the molecule is Cc1ccc2c(c1)c1ncccc1n2-c1ccccc1.Cc1ccc2c(n1)c1ccccc1n2-c1ccccc1.Cc1ccc2c3ncccc3n(-c3ccccc3)c2c1.Cc1cccc2c1c1ncccc1n2-c1ccccc1.Cc1cccc2c3ncccc3n(-c3ccccc3)c12.Cc1ccnc2c3ccccc3n(-c3ccccc3)c12.Cc1cnc2c3ccccc3n(-c3ccccc3)c2c1. The molecule has 14 heterocycles. The largest absolute Gasteiger partial charge is 0.308 e. The molecule has 672 valence electrons. The van der Waals surface area contributed by atoms with Crippen molar-refractivity contribution >= 4 is 154 Å². The number of aryl methyl sites for hydroxylation is 7. The molecule has 0 saturated carbocycles. The topological polar surface area (TPSA) is 125 Å². The van der Waals surface area contributed by atoms with Gasteiger partial charge in [-0.3, -0.25) is 34.9 Å². The fourth-order valence-corrected chi connectivity index (χ4v) is 19.8. The van der Waals surface area contributed by atoms with Crippen LogP contribution in [-0.4, -0.2) is 66.9 Å². The third kappa shape index (κ3) is 16.4. The van der Waals surface area contributed by atoms with Crippen molar-refractivity contribution in [1.82, 2.24) is 66.9 Å². The minimum Gasteiger partial charge on any atom is -0.308 e. The van der Waals surface area contributed by atoms with Crippen molar-refractivity contribution in [2.75, 3.05) is 0 Å². The number of nitrogens with zero attached hydrogens (tertiary/aromatic N) is 14. The highest BCUT2D eigenvalue weighted by molar-refractivity contribution is 6.13. The normalized spacial score (nSPS) is 11.2. The molecule has 14 aromatic carbocycles. The number of fused-ring (bicyclic) bond motifs is 21. The molecule has 0 saturated heterocycles. The molecule has 0 aliphatic carbocycles. The number of hydrogen-bond acceptors (Lipinski definition) is 7. The second-order valence-corrected chi connectivity index (χ2v) is 35.2. The Morgan fingerprint density at radius 1 is 0.164 bits per heavy atom. The van der Waals surface area contributed by atoms with Crippen LogP contribution in [0.1, 0.15) is 39.1 Å². The summed E-state index contributed by atoms with van der Waals surface area (Å²) >= 11 is 0. The lowest BCUT2D eigenvalue weighted by atomic mass is 10.1. The van der Waals surface area contributed by atoms with Gasteiger partial charge in [0.05, 0.1) is 116 Å². The van der Waals surface area contributed by atoms with Gasteiger partial charge in [0.2, 0.25) is 0 Å². The summed E-state index contributed by atoms with van der Waals surface area (Å²) in [6.07, 6.45) is 11.3. The average molecular weight is 1810 g/mol. The third-order valence-electron chi connectivity index (χ3n) is 26.0. The van der Waals surface area contributed by atoms with E-state index in [1.807, 2.05) is 111 Å². The van der Waals surface area contributed by atoms with E-state index in [9.17, 15) is 0 Å². The molecule has 0 spiro atoms. The van der Waals surface area contributed by atoms with Gasteiger partial charge in [-0.05, 0) is 276 Å². The Bertz CT molecular complexity index is 8820. The Hall–Kier alpha value is -18.3. The van der Waals surface area contributed by atoms with Gasteiger partial charge in [-0.2, -0.15) is 0 Å². The first kappa shape index (κ1) is 87.1. The van der Waals surface area contributed by atoms with Gasteiger partial charge in [0.15, 0.2) is 0 Å². The standard InChI is InChI=1S/7C18H14N2/c1-13-7-5-10-15-17-16(11-6-12-19-17)20(18(13)15)14-8-3-2-4-9-14;1-13-7-5-10-15-17(13)18-16(11-6-12-19-18)20(15)14-8-3-2-4-9-14;1-13-11-17-18(19-12-13)15-9-5-6-10-16(15)20(17)14-7-3-2-4-8-14;1-13-11-12-19-17-15-9-5-6-10-16(15)20(18(13)17)14-7-3-2-4-8-14;1-13-11-12-17-18(19-13)15-9-5-6-10-16(15)20(17)14-7-3-2-4-8-14;1-13-9-10-16-15(12-13)18-17(8-5-11-19-18)20(16)14-6-3-2-4-7-14;1-13-9-10-15-17(12-13)20(14-6-3-2-4-7-14)16-8-5-11-19-18(15)16/h7*2-12H,1H3. The van der Waals surface area contributed by atoms with Gasteiger partial charge in [-0.15, -0.1) is 0 Å². The Morgan fingerprint density at radius 2 is 0.479 bits per heavy atom. The van der Waals surface area contributed by atoms with Gasteiger partial charge in [0, 0.05) is 120 Å². The molecular weight excluding hydrogens is 1710 g/mol. The summed E-state index contributed by atoms with van der Waals surface area (Å²) in [4.78, 5) is 32.3. The van der Waals surface area contributed by atoms with Crippen LogP contribution in [0.25, 0.3) is 193 Å². The van der Waals surface area contributed by atoms with E-state index in [1.165, 1.54) is 155 Å². The number of pyridine rings is 7. The molecular formula is C126H98N14. The number of rotatable bonds is 7. The molecule has 140 heavy (non-hydrogen) atoms. The van der Waals surface area contributed by atoms with E-state index in [0.717, 1.165) is 77.4 Å². The quantitative estimate of drug-likeness (QED) is 0.156. The summed E-state index contributed by atoms with van der Waals surface area (Å²) in [5.74, 6) is 0. The van der Waals surface area contributed by atoms with Crippen LogP contribution in [0, 0.1) is 48.5 Å². The molecule has 0 aliphatic heterocycles. The molecule has 0 N–H and O–H groups in total. The number of aromatic nitrogens is 14. The summed E-state index contributed by atoms with van der Waals surface area (Å²) < 4.78 is 16.0. The molecule has 0 radical (unpaired) electrons. The van der Waals surface area contributed by atoms with E-state index in [2.05, 4.69) is 467 Å². The van der Waals surface area contributed by atoms with Crippen molar-refractivity contribution in [1.29, 1.82) is 0 Å². The van der Waals surface area contributed by atoms with Gasteiger partial charge in [0.25, 0.3) is 0 Å². The molecule has 0 amide bonds. The zero-order valence-electron chi connectivity index (χ0n) is 78.7. The molecule has 14 nitrogen and oxygen atoms in total. The average Bonchev–Trinajstić information content (AvgIpc) is 1.59. The van der Waals surface area contributed by atoms with Crippen LogP contribution in [0.2, 0.25) is 0 Å². The fourth-order valence-electron chi connectivity index (χ4n) is 19.8. The highest BCUT2D eigenvalue weighted by atomic mass is 15.0. The van der Waals surface area contributed by atoms with Crippen molar-refractivity contribution < 1.29 is 0 Å². The maximum atomic E-state index is 4.73. The van der Waals surface area contributed by atoms with Crippen molar-refractivity contribution in [3.8, 4) is 39.8 Å². The Balaban J connectivity index is 0.0000000939. The first-order valence-electron chi connectivity index (χ1n) is 47.3. The van der Waals surface area contributed by atoms with Crippen LogP contribution in [-0.2, 0) is 0 Å². The highest BCUT2D eigenvalue weighted by Crippen LogP contribution is 2.40. The second kappa shape index (κ2) is 38.2. The van der Waals surface area contributed by atoms with E-state index in [1.54, 1.807) is 0 Å². The highest BCUT2D eigenvalue weighted by Gasteiger charge is 2.22. The molecule has 14 aromatic heterocycles. The van der Waals surface area contributed by atoms with Crippen molar-refractivity contribution in [3.05, 3.63) is 507 Å². The molecule has 0 bridgehead atoms. The minimum atomic E-state index is 1.05. The zero-order chi connectivity index (χ0) is 94.7. The van der Waals surface area contributed by atoms with Crippen LogP contribution < -0.4 is 0 Å². The monoisotopic (exact) mass is 1810 g/mol. The van der Waals surface area contributed by atoms with Crippen molar-refractivity contribution in [2.24, 2.45) is 0 Å². The zero-order valence-corrected chi connectivity index (χ0v) is 78.7. The lowest BCUT2D eigenvalue weighted by Crippen LogP contribution is -1.94. The molecule has 14 heteroatoms. The van der Waals surface area contributed by atoms with Crippen molar-refractivity contribution in [3.63, 3.8) is 0 Å². The number of hydrogen-bond donors (Lipinski definition) is 0. The number of benzene rings is 14. The number of para-hydroxylation sites is 11. The van der Waals surface area contributed by atoms with Gasteiger partial charge in [-0.25, -0.2) is 0 Å². The maximum Gasteiger partial charge on any atom is 0.0966 e. The van der Waals surface area contributed by atoms with E-state index < -0.39 is 0 Å². The lowest BCUT2D eigenvalue weighted by molar-refractivity contribution is 1.16. The summed E-state index contributed by atoms with van der Waals surface area (Å²) in [7, 11) is 0. The predicted molar refractivity (Wildman–Crippen MR) is 583 cm³/mol. The predicted octanol–water partition coefficient (Wildman–Crippen LogP) is 31.4. The first-order valence-corrected chi connectivity index (χ1v) is 47.3. The molecule has 0 aliphatic rings. The van der Waals surface area contributed by atoms with Crippen LogP contribution in [0.15, 0.2) is 468 Å². The Morgan fingerprint density at radius 3 is 1.01 bits per heavy atom. The molecule has 0 fully saturated rings. The lowest BCUT2D eigenvalue weighted by Gasteiger charge is -2.08. The van der Waals surface area contributed by atoms with Gasteiger partial charge < -0.3 is 32.0 Å². The Kier molecular flexibility index (Phi) is 23.8. The van der Waals surface area contributed by atoms with Crippen molar-refractivity contribution in [2.45, 2.75) is 48.5 Å². The fraction of sp³-hybridized carbons (Fsp3) is 0.0556. The molecule has 28 aromatic rings. The second-order valence-electron chi connectivity index (χ2n) is 35.2. The third-order valence-corrected chi connectivity index (χ3v) is 26.0. The van der Waals surface area contributed by atoms with E-state index in [-0.39, 0.29) is 0 Å². The summed E-state index contributed by atoms with van der Waals surface area (Å²) in [5, 5.41) is 8.48. The minimum absolute atomic E-state index is 1.05. The maximum absolute atomic E-state index is 4.73. The first-order chi connectivity index (χ1) is 69.0. The summed E-state index contributed by atoms with van der Waals surface area (Å²) in [6, 6.07) is 149. The van der Waals surface area contributed by atoms with Crippen LogP contribution in [0.5, 0.6) is 0 Å². The van der Waals surface area contributed by atoms with E-state index in [4.69, 9.17) is 4.98 Å². The van der Waals surface area contributed by atoms with Gasteiger partial charge in [0.1, 0.15) is 0 Å². The Labute approximate surface area is 810 Å². The van der Waals surface area contributed by atoms with Crippen LogP contribution >= 0.6 is 0 Å². The van der Waals surface area contributed by atoms with Gasteiger partial charge in [-0.1, -0.05) is 236 Å². The van der Waals surface area contributed by atoms with E-state index in [0.29, 0.717) is 0 Å². The van der Waals surface area contributed by atoms with Gasteiger partial charge >= 0.3 is 0 Å². The summed E-state index contributed by atoms with van der Waals surface area (Å²) in [5.41, 5.74) is 40.8. The summed E-state index contributed by atoms with van der Waals surface area (Å²) in [6.45, 7) is 14.8. The molecule has 28 rings (SSSR count). The molecule has 0 atom stereocenters. The van der Waals surface area contributed by atoms with Crippen LogP contribution in [0.3, 0.4) is 0 Å².